The second-order valence-electron chi connectivity index (χ2n) is 6.72. The molecule has 0 amide bonds. The quantitative estimate of drug-likeness (QED) is 0.203. The highest BCUT2D eigenvalue weighted by molar-refractivity contribution is 14.0. The molecular weight excluding hydrogens is 457 g/mol. The Morgan fingerprint density at radius 3 is 2.96 bits per heavy atom. The SMILES string of the molecule is CCNC(=NCCCOCC1CCOC1)NCCCCn1ccnc1C.I. The average Bonchev–Trinajstić information content (AvgIpc) is 3.29. The van der Waals surface area contributed by atoms with Gasteiger partial charge in [0.2, 0.25) is 0 Å². The van der Waals surface area contributed by atoms with Crippen LogP contribution < -0.4 is 10.6 Å². The predicted octanol–water partition coefficient (Wildman–Crippen LogP) is 2.59. The van der Waals surface area contributed by atoms with Crippen LogP contribution in [0.2, 0.25) is 0 Å². The molecule has 27 heavy (non-hydrogen) atoms. The molecule has 2 rings (SSSR count). The molecule has 1 aliphatic rings. The van der Waals surface area contributed by atoms with Crippen molar-refractivity contribution in [1.29, 1.82) is 0 Å². The number of halogens is 1. The predicted molar refractivity (Wildman–Crippen MR) is 120 cm³/mol. The maximum Gasteiger partial charge on any atom is 0.191 e. The van der Waals surface area contributed by atoms with Crippen molar-refractivity contribution >= 4 is 29.9 Å². The van der Waals surface area contributed by atoms with Crippen LogP contribution in [-0.4, -0.2) is 61.6 Å². The number of aliphatic imine (C=N–C) groups is 1. The van der Waals surface area contributed by atoms with Gasteiger partial charge in [0.25, 0.3) is 0 Å². The van der Waals surface area contributed by atoms with Gasteiger partial charge in [0.15, 0.2) is 5.96 Å². The van der Waals surface area contributed by atoms with Crippen LogP contribution in [0, 0.1) is 12.8 Å². The third-order valence-corrected chi connectivity index (χ3v) is 4.48. The molecule has 8 heteroatoms. The van der Waals surface area contributed by atoms with Crippen LogP contribution in [0.4, 0.5) is 0 Å². The summed E-state index contributed by atoms with van der Waals surface area (Å²) in [6.07, 6.45) is 8.21. The minimum absolute atomic E-state index is 0. The number of hydrogen-bond acceptors (Lipinski definition) is 4. The van der Waals surface area contributed by atoms with Crippen molar-refractivity contribution < 1.29 is 9.47 Å². The van der Waals surface area contributed by atoms with Crippen LogP contribution in [0.3, 0.4) is 0 Å². The number of unbranched alkanes of at least 4 members (excludes halogenated alkanes) is 1. The van der Waals surface area contributed by atoms with E-state index in [0.717, 1.165) is 90.1 Å². The van der Waals surface area contributed by atoms with E-state index in [4.69, 9.17) is 9.47 Å². The van der Waals surface area contributed by atoms with Crippen molar-refractivity contribution in [1.82, 2.24) is 20.2 Å². The van der Waals surface area contributed by atoms with Crippen LogP contribution in [0.25, 0.3) is 0 Å². The highest BCUT2D eigenvalue weighted by atomic mass is 127. The number of hydrogen-bond donors (Lipinski definition) is 2. The number of imidazole rings is 1. The summed E-state index contributed by atoms with van der Waals surface area (Å²) in [7, 11) is 0. The molecule has 1 atom stereocenters. The monoisotopic (exact) mass is 493 g/mol. The van der Waals surface area contributed by atoms with Crippen LogP contribution in [0.5, 0.6) is 0 Å². The molecule has 1 aromatic heterocycles. The van der Waals surface area contributed by atoms with Crippen molar-refractivity contribution in [2.45, 2.75) is 46.1 Å². The summed E-state index contributed by atoms with van der Waals surface area (Å²) in [5.41, 5.74) is 0. The summed E-state index contributed by atoms with van der Waals surface area (Å²) >= 11 is 0. The molecule has 1 saturated heterocycles. The molecule has 0 aliphatic carbocycles. The molecule has 0 saturated carbocycles. The Kier molecular flexibility index (Phi) is 13.5. The van der Waals surface area contributed by atoms with E-state index in [0.29, 0.717) is 5.92 Å². The minimum atomic E-state index is 0. The lowest BCUT2D eigenvalue weighted by Gasteiger charge is -2.12. The van der Waals surface area contributed by atoms with Gasteiger partial charge >= 0.3 is 0 Å². The summed E-state index contributed by atoms with van der Waals surface area (Å²) in [6, 6.07) is 0. The second kappa shape index (κ2) is 15.1. The highest BCUT2D eigenvalue weighted by Crippen LogP contribution is 2.12. The Morgan fingerprint density at radius 2 is 2.26 bits per heavy atom. The fourth-order valence-electron chi connectivity index (χ4n) is 2.92. The lowest BCUT2D eigenvalue weighted by Crippen LogP contribution is -2.38. The average molecular weight is 493 g/mol. The Morgan fingerprint density at radius 1 is 1.37 bits per heavy atom. The van der Waals surface area contributed by atoms with E-state index in [-0.39, 0.29) is 24.0 Å². The first-order valence-electron chi connectivity index (χ1n) is 9.95. The van der Waals surface area contributed by atoms with Crippen molar-refractivity contribution in [3.8, 4) is 0 Å². The van der Waals surface area contributed by atoms with Gasteiger partial charge in [-0.3, -0.25) is 4.99 Å². The maximum atomic E-state index is 5.72. The first-order chi connectivity index (χ1) is 12.8. The lowest BCUT2D eigenvalue weighted by atomic mass is 10.1. The van der Waals surface area contributed by atoms with Gasteiger partial charge in [0.1, 0.15) is 5.82 Å². The molecule has 0 spiro atoms. The molecular formula is C19H36IN5O2. The molecule has 156 valence electrons. The van der Waals surface area contributed by atoms with Crippen LogP contribution in [-0.2, 0) is 16.0 Å². The number of guanidine groups is 1. The van der Waals surface area contributed by atoms with E-state index in [1.807, 2.05) is 19.3 Å². The van der Waals surface area contributed by atoms with Crippen molar-refractivity contribution in [2.24, 2.45) is 10.9 Å². The molecule has 1 aromatic rings. The van der Waals surface area contributed by atoms with Crippen molar-refractivity contribution in [3.63, 3.8) is 0 Å². The minimum Gasteiger partial charge on any atom is -0.381 e. The van der Waals surface area contributed by atoms with Gasteiger partial charge in [-0.15, -0.1) is 24.0 Å². The second-order valence-corrected chi connectivity index (χ2v) is 6.72. The largest absolute Gasteiger partial charge is 0.381 e. The van der Waals surface area contributed by atoms with Crippen LogP contribution >= 0.6 is 24.0 Å². The van der Waals surface area contributed by atoms with Crippen LogP contribution in [0.1, 0.15) is 38.4 Å². The zero-order valence-corrected chi connectivity index (χ0v) is 19.1. The maximum absolute atomic E-state index is 5.72. The van der Waals surface area contributed by atoms with E-state index in [1.165, 1.54) is 0 Å². The summed E-state index contributed by atoms with van der Waals surface area (Å²) in [4.78, 5) is 8.87. The summed E-state index contributed by atoms with van der Waals surface area (Å²) < 4.78 is 13.3. The molecule has 2 N–H and O–H groups in total. The third-order valence-electron chi connectivity index (χ3n) is 4.48. The van der Waals surface area contributed by atoms with Crippen molar-refractivity contribution in [3.05, 3.63) is 18.2 Å². The van der Waals surface area contributed by atoms with E-state index in [1.54, 1.807) is 0 Å². The normalized spacial score (nSPS) is 17.0. The van der Waals surface area contributed by atoms with Crippen LogP contribution in [0.15, 0.2) is 17.4 Å². The molecule has 1 unspecified atom stereocenters. The Balaban J connectivity index is 0.00000364. The fraction of sp³-hybridized carbons (Fsp3) is 0.789. The lowest BCUT2D eigenvalue weighted by molar-refractivity contribution is 0.0893. The summed E-state index contributed by atoms with van der Waals surface area (Å²) in [5, 5.41) is 6.71. The Labute approximate surface area is 180 Å². The molecule has 0 aromatic carbocycles. The number of nitrogens with one attached hydrogen (secondary N) is 2. The van der Waals surface area contributed by atoms with E-state index < -0.39 is 0 Å². The summed E-state index contributed by atoms with van der Waals surface area (Å²) in [6.45, 7) is 11.1. The molecule has 2 heterocycles. The number of rotatable bonds is 12. The first-order valence-corrected chi connectivity index (χ1v) is 9.95. The van der Waals surface area contributed by atoms with Gasteiger partial charge in [-0.1, -0.05) is 0 Å². The Hall–Kier alpha value is -0.870. The molecule has 7 nitrogen and oxygen atoms in total. The number of nitrogens with zero attached hydrogens (tertiary/aromatic N) is 3. The zero-order valence-electron chi connectivity index (χ0n) is 16.8. The zero-order chi connectivity index (χ0) is 18.5. The molecule has 1 aliphatic heterocycles. The van der Waals surface area contributed by atoms with Gasteiger partial charge in [-0.25, -0.2) is 4.98 Å². The van der Waals surface area contributed by atoms with Crippen molar-refractivity contribution in [2.75, 3.05) is 46.1 Å². The van der Waals surface area contributed by atoms with Gasteiger partial charge in [0.05, 0.1) is 13.2 Å². The first kappa shape index (κ1) is 24.2. The Bertz CT molecular complexity index is 518. The van der Waals surface area contributed by atoms with E-state index in [9.17, 15) is 0 Å². The fourth-order valence-corrected chi connectivity index (χ4v) is 2.92. The third kappa shape index (κ3) is 10.3. The summed E-state index contributed by atoms with van der Waals surface area (Å²) in [5.74, 6) is 2.56. The van der Waals surface area contributed by atoms with Gasteiger partial charge in [0, 0.05) is 57.7 Å². The number of ether oxygens (including phenoxy) is 2. The van der Waals surface area contributed by atoms with Gasteiger partial charge < -0.3 is 24.7 Å². The molecule has 1 fully saturated rings. The van der Waals surface area contributed by atoms with E-state index >= 15 is 0 Å². The standard InChI is InChI=1S/C19H35N5O2.HI/c1-3-20-19(22-8-4-5-11-24-12-10-21-17(24)2)23-9-6-13-25-15-18-7-14-26-16-18;/h10,12,18H,3-9,11,13-16H2,1-2H3,(H2,20,22,23);1H. The number of aromatic nitrogens is 2. The topological polar surface area (TPSA) is 72.7 Å². The van der Waals surface area contributed by atoms with Gasteiger partial charge in [-0.05, 0) is 39.5 Å². The van der Waals surface area contributed by atoms with E-state index in [2.05, 4.69) is 32.1 Å². The molecule has 0 bridgehead atoms. The smallest absolute Gasteiger partial charge is 0.191 e. The number of aryl methyl sites for hydroxylation is 2. The van der Waals surface area contributed by atoms with Gasteiger partial charge in [-0.2, -0.15) is 0 Å². The molecule has 0 radical (unpaired) electrons. The highest BCUT2D eigenvalue weighted by Gasteiger charge is 2.15.